The second-order valence-electron chi connectivity index (χ2n) is 4.41. The fourth-order valence-electron chi connectivity index (χ4n) is 1.84. The first-order valence-corrected chi connectivity index (χ1v) is 6.36. The average Bonchev–Trinajstić information content (AvgIpc) is 3.17. The van der Waals surface area contributed by atoms with Crippen LogP contribution in [-0.4, -0.2) is 33.3 Å². The van der Waals surface area contributed by atoms with E-state index in [1.807, 2.05) is 0 Å². The van der Waals surface area contributed by atoms with E-state index >= 15 is 0 Å². The number of hydrogen-bond acceptors (Lipinski definition) is 6. The van der Waals surface area contributed by atoms with Crippen LogP contribution < -0.4 is 0 Å². The van der Waals surface area contributed by atoms with E-state index in [0.29, 0.717) is 17.1 Å². The van der Waals surface area contributed by atoms with Gasteiger partial charge in [-0.15, -0.1) is 10.2 Å². The molecule has 0 aliphatic rings. The Balaban J connectivity index is 1.75. The van der Waals surface area contributed by atoms with Crippen LogP contribution in [0.3, 0.4) is 0 Å². The molecule has 22 heavy (non-hydrogen) atoms. The highest BCUT2D eigenvalue weighted by Crippen LogP contribution is 2.15. The van der Waals surface area contributed by atoms with Crippen LogP contribution in [0.1, 0.15) is 16.3 Å². The summed E-state index contributed by atoms with van der Waals surface area (Å²) in [6.45, 7) is 0.213. The van der Waals surface area contributed by atoms with Gasteiger partial charge in [-0.3, -0.25) is 0 Å². The van der Waals surface area contributed by atoms with Crippen LogP contribution in [0.15, 0.2) is 40.8 Å². The summed E-state index contributed by atoms with van der Waals surface area (Å²) in [5.41, 5.74) is 0.655. The Morgan fingerprint density at radius 3 is 2.77 bits per heavy atom. The van der Waals surface area contributed by atoms with E-state index < -0.39 is 5.97 Å². The van der Waals surface area contributed by atoms with E-state index in [4.69, 9.17) is 4.42 Å². The Morgan fingerprint density at radius 2 is 2.05 bits per heavy atom. The molecule has 0 aliphatic heterocycles. The summed E-state index contributed by atoms with van der Waals surface area (Å²) in [5.74, 6) is 0.0893. The van der Waals surface area contributed by atoms with Gasteiger partial charge >= 0.3 is 5.97 Å². The smallest absolute Gasteiger partial charge is 0.373 e. The monoisotopic (exact) mass is 302 g/mol. The molecule has 7 nitrogen and oxygen atoms in total. The van der Waals surface area contributed by atoms with Gasteiger partial charge in [-0.25, -0.2) is 9.18 Å². The van der Waals surface area contributed by atoms with Crippen LogP contribution in [0, 0.1) is 5.82 Å². The molecule has 0 radical (unpaired) electrons. The standard InChI is InChI=1S/C14H11FN4O3/c1-21-14(20)12-7-6-11(22-12)8-19-17-13(16-18-19)9-2-4-10(15)5-3-9/h2-7H,8H2,1H3. The number of carbonyl (C=O) groups excluding carboxylic acids is 1. The van der Waals surface area contributed by atoms with Gasteiger partial charge in [-0.1, -0.05) is 0 Å². The topological polar surface area (TPSA) is 83.0 Å². The number of benzene rings is 1. The van der Waals surface area contributed by atoms with E-state index in [-0.39, 0.29) is 18.1 Å². The van der Waals surface area contributed by atoms with Crippen LogP contribution in [0.4, 0.5) is 4.39 Å². The lowest BCUT2D eigenvalue weighted by molar-refractivity contribution is 0.0562. The molecule has 1 aromatic carbocycles. The molecule has 0 atom stereocenters. The number of halogens is 1. The van der Waals surface area contributed by atoms with Crippen LogP contribution in [0.5, 0.6) is 0 Å². The lowest BCUT2D eigenvalue weighted by atomic mass is 10.2. The number of methoxy groups -OCH3 is 1. The first kappa shape index (κ1) is 13.9. The zero-order valence-corrected chi connectivity index (χ0v) is 11.6. The van der Waals surface area contributed by atoms with Gasteiger partial charge in [0.25, 0.3) is 0 Å². The van der Waals surface area contributed by atoms with Crippen LogP contribution >= 0.6 is 0 Å². The molecule has 8 heteroatoms. The van der Waals surface area contributed by atoms with Gasteiger partial charge in [0.2, 0.25) is 11.6 Å². The summed E-state index contributed by atoms with van der Waals surface area (Å²) in [4.78, 5) is 12.6. The molecule has 0 N–H and O–H groups in total. The van der Waals surface area contributed by atoms with Crippen LogP contribution in [0.25, 0.3) is 11.4 Å². The van der Waals surface area contributed by atoms with E-state index in [1.54, 1.807) is 18.2 Å². The zero-order valence-electron chi connectivity index (χ0n) is 11.6. The van der Waals surface area contributed by atoms with Crippen molar-refractivity contribution in [3.05, 3.63) is 53.7 Å². The fraction of sp³-hybridized carbons (Fsp3) is 0.143. The molecule has 3 rings (SSSR count). The molecule has 2 aromatic heterocycles. The summed E-state index contributed by atoms with van der Waals surface area (Å²) in [6, 6.07) is 8.93. The highest BCUT2D eigenvalue weighted by Gasteiger charge is 2.13. The number of rotatable bonds is 4. The summed E-state index contributed by atoms with van der Waals surface area (Å²) < 4.78 is 22.8. The first-order valence-electron chi connectivity index (χ1n) is 6.36. The molecule has 0 fully saturated rings. The van der Waals surface area contributed by atoms with Gasteiger partial charge in [-0.05, 0) is 41.6 Å². The summed E-state index contributed by atoms with van der Waals surface area (Å²) in [5, 5.41) is 12.0. The summed E-state index contributed by atoms with van der Waals surface area (Å²) >= 11 is 0. The van der Waals surface area contributed by atoms with E-state index in [1.165, 1.54) is 30.1 Å². The lowest BCUT2D eigenvalue weighted by Gasteiger charge is -1.96. The Bertz CT molecular complexity index is 795. The molecule has 3 aromatic rings. The lowest BCUT2D eigenvalue weighted by Crippen LogP contribution is -2.03. The molecular formula is C14H11FN4O3. The molecule has 0 spiro atoms. The van der Waals surface area contributed by atoms with Gasteiger partial charge < -0.3 is 9.15 Å². The maximum atomic E-state index is 12.9. The maximum absolute atomic E-state index is 12.9. The third kappa shape index (κ3) is 2.85. The highest BCUT2D eigenvalue weighted by molar-refractivity contribution is 5.86. The third-order valence-corrected chi connectivity index (χ3v) is 2.90. The SMILES string of the molecule is COC(=O)c1ccc(Cn2nnc(-c3ccc(F)cc3)n2)o1. The Kier molecular flexibility index (Phi) is 3.65. The van der Waals surface area contributed by atoms with Crippen molar-refractivity contribution in [2.45, 2.75) is 6.54 Å². The number of ether oxygens (including phenoxy) is 1. The van der Waals surface area contributed by atoms with Crippen LogP contribution in [-0.2, 0) is 11.3 Å². The van der Waals surface area contributed by atoms with Crippen molar-refractivity contribution in [1.82, 2.24) is 20.2 Å². The minimum absolute atomic E-state index is 0.108. The molecule has 0 saturated heterocycles. The number of hydrogen-bond donors (Lipinski definition) is 0. The van der Waals surface area contributed by atoms with E-state index in [2.05, 4.69) is 20.1 Å². The number of tetrazole rings is 1. The predicted octanol–water partition coefficient (Wildman–Crippen LogP) is 1.91. The molecule has 0 saturated carbocycles. The summed E-state index contributed by atoms with van der Waals surface area (Å²) in [6.07, 6.45) is 0. The quantitative estimate of drug-likeness (QED) is 0.685. The average molecular weight is 302 g/mol. The Morgan fingerprint density at radius 1 is 1.27 bits per heavy atom. The maximum Gasteiger partial charge on any atom is 0.373 e. The van der Waals surface area contributed by atoms with Crippen molar-refractivity contribution >= 4 is 5.97 Å². The Hall–Kier alpha value is -3.03. The van der Waals surface area contributed by atoms with E-state index in [0.717, 1.165) is 0 Å². The third-order valence-electron chi connectivity index (χ3n) is 2.90. The molecule has 0 aliphatic carbocycles. The molecular weight excluding hydrogens is 291 g/mol. The largest absolute Gasteiger partial charge is 0.463 e. The van der Waals surface area contributed by atoms with Crippen molar-refractivity contribution in [3.8, 4) is 11.4 Å². The number of esters is 1. The second kappa shape index (κ2) is 5.76. The molecule has 0 bridgehead atoms. The molecule has 112 valence electrons. The van der Waals surface area contributed by atoms with Crippen LogP contribution in [0.2, 0.25) is 0 Å². The molecule has 0 unspecified atom stereocenters. The zero-order chi connectivity index (χ0) is 15.5. The molecule has 0 amide bonds. The molecule has 2 heterocycles. The predicted molar refractivity (Wildman–Crippen MR) is 72.4 cm³/mol. The van der Waals surface area contributed by atoms with Gasteiger partial charge in [0.15, 0.2) is 0 Å². The van der Waals surface area contributed by atoms with Crippen molar-refractivity contribution in [2.75, 3.05) is 7.11 Å². The number of aromatic nitrogens is 4. The first-order chi connectivity index (χ1) is 10.7. The fourth-order valence-corrected chi connectivity index (χ4v) is 1.84. The van der Waals surface area contributed by atoms with Gasteiger partial charge in [0, 0.05) is 5.56 Å². The van der Waals surface area contributed by atoms with Crippen molar-refractivity contribution in [1.29, 1.82) is 0 Å². The Labute approximate surface area is 124 Å². The minimum atomic E-state index is -0.551. The van der Waals surface area contributed by atoms with E-state index in [9.17, 15) is 9.18 Å². The number of furan rings is 1. The highest BCUT2D eigenvalue weighted by atomic mass is 19.1. The number of nitrogens with zero attached hydrogens (tertiary/aromatic N) is 4. The van der Waals surface area contributed by atoms with Gasteiger partial charge in [-0.2, -0.15) is 4.80 Å². The van der Waals surface area contributed by atoms with Gasteiger partial charge in [0.1, 0.15) is 18.1 Å². The second-order valence-corrected chi connectivity index (χ2v) is 4.41. The minimum Gasteiger partial charge on any atom is -0.463 e. The van der Waals surface area contributed by atoms with Crippen molar-refractivity contribution < 1.29 is 18.3 Å². The van der Waals surface area contributed by atoms with Gasteiger partial charge in [0.05, 0.1) is 7.11 Å². The normalized spacial score (nSPS) is 10.6. The number of carbonyl (C=O) groups is 1. The van der Waals surface area contributed by atoms with Crippen molar-refractivity contribution in [3.63, 3.8) is 0 Å². The summed E-state index contributed by atoms with van der Waals surface area (Å²) in [7, 11) is 1.28. The van der Waals surface area contributed by atoms with Crippen molar-refractivity contribution in [2.24, 2.45) is 0 Å².